The summed E-state index contributed by atoms with van der Waals surface area (Å²) < 4.78 is 0. The Balaban J connectivity index is 2.16. The maximum atomic E-state index is 13.2. The summed E-state index contributed by atoms with van der Waals surface area (Å²) in [6.45, 7) is 3.91. The molecule has 26 heavy (non-hydrogen) atoms. The third-order valence-electron chi connectivity index (χ3n) is 3.66. The smallest absolute Gasteiger partial charge is 0.268 e. The van der Waals surface area contributed by atoms with Crippen molar-refractivity contribution in [1.82, 2.24) is 0 Å². The van der Waals surface area contributed by atoms with Crippen molar-refractivity contribution in [3.05, 3.63) is 68.0 Å². The van der Waals surface area contributed by atoms with Crippen LogP contribution in [-0.4, -0.2) is 17.1 Å². The Morgan fingerprint density at radius 3 is 2.23 bits per heavy atom. The van der Waals surface area contributed by atoms with Gasteiger partial charge < -0.3 is 0 Å². The van der Waals surface area contributed by atoms with E-state index in [4.69, 9.17) is 34.8 Å². The first kappa shape index (κ1) is 19.3. The first-order chi connectivity index (χ1) is 12.3. The highest BCUT2D eigenvalue weighted by molar-refractivity contribution is 8.04. The van der Waals surface area contributed by atoms with Gasteiger partial charge in [0.1, 0.15) is 0 Å². The SMILES string of the molecule is CC(C)SC1=C(c2ccc(Cl)cc2Cl)C(=O)N(c2cccc(Cl)c2)C1=O. The molecule has 0 aromatic heterocycles. The molecule has 0 atom stereocenters. The molecule has 3 nitrogen and oxygen atoms in total. The largest absolute Gasteiger partial charge is 0.272 e. The molecule has 7 heteroatoms. The maximum Gasteiger partial charge on any atom is 0.272 e. The number of halogens is 3. The van der Waals surface area contributed by atoms with E-state index in [0.717, 1.165) is 4.90 Å². The van der Waals surface area contributed by atoms with Gasteiger partial charge in [0.05, 0.1) is 21.2 Å². The van der Waals surface area contributed by atoms with E-state index >= 15 is 0 Å². The third-order valence-corrected chi connectivity index (χ3v) is 5.53. The standard InChI is InChI=1S/C19H14Cl3NO2S/c1-10(2)26-17-16(14-7-6-12(21)9-15(14)22)18(24)23(19(17)25)13-5-3-4-11(20)8-13/h3-10H,1-2H3. The van der Waals surface area contributed by atoms with Gasteiger partial charge in [-0.1, -0.05) is 60.8 Å². The van der Waals surface area contributed by atoms with Gasteiger partial charge in [-0.3, -0.25) is 9.59 Å². The van der Waals surface area contributed by atoms with Gasteiger partial charge in [-0.2, -0.15) is 0 Å². The van der Waals surface area contributed by atoms with Gasteiger partial charge in [0.25, 0.3) is 11.8 Å². The molecule has 1 heterocycles. The lowest BCUT2D eigenvalue weighted by molar-refractivity contribution is -0.119. The number of benzene rings is 2. The molecule has 0 saturated carbocycles. The lowest BCUT2D eigenvalue weighted by Gasteiger charge is -2.15. The number of hydrogen-bond acceptors (Lipinski definition) is 3. The highest BCUT2D eigenvalue weighted by Crippen LogP contribution is 2.42. The number of carbonyl (C=O) groups is 2. The molecule has 0 fully saturated rings. The Bertz CT molecular complexity index is 940. The van der Waals surface area contributed by atoms with E-state index in [-0.39, 0.29) is 16.7 Å². The maximum absolute atomic E-state index is 13.2. The number of thioether (sulfide) groups is 1. The average Bonchev–Trinajstić information content (AvgIpc) is 2.78. The molecule has 0 unspecified atom stereocenters. The number of hydrogen-bond donors (Lipinski definition) is 0. The van der Waals surface area contributed by atoms with E-state index in [9.17, 15) is 9.59 Å². The summed E-state index contributed by atoms with van der Waals surface area (Å²) in [6.07, 6.45) is 0. The fourth-order valence-electron chi connectivity index (χ4n) is 2.63. The predicted molar refractivity (Wildman–Crippen MR) is 110 cm³/mol. The van der Waals surface area contributed by atoms with E-state index in [1.165, 1.54) is 11.8 Å². The molecule has 2 aromatic carbocycles. The lowest BCUT2D eigenvalue weighted by atomic mass is 10.1. The molecular weight excluding hydrogens is 413 g/mol. The summed E-state index contributed by atoms with van der Waals surface area (Å²) in [5, 5.41) is 1.34. The second kappa shape index (κ2) is 7.65. The molecular formula is C19H14Cl3NO2S. The van der Waals surface area contributed by atoms with Crippen LogP contribution in [0.1, 0.15) is 19.4 Å². The van der Waals surface area contributed by atoms with E-state index in [1.807, 2.05) is 13.8 Å². The van der Waals surface area contributed by atoms with Crippen molar-refractivity contribution in [2.24, 2.45) is 0 Å². The number of rotatable bonds is 4. The van der Waals surface area contributed by atoms with Crippen molar-refractivity contribution in [2.45, 2.75) is 19.1 Å². The van der Waals surface area contributed by atoms with Crippen molar-refractivity contribution in [3.63, 3.8) is 0 Å². The summed E-state index contributed by atoms with van der Waals surface area (Å²) in [6, 6.07) is 11.5. The van der Waals surface area contributed by atoms with Crippen LogP contribution in [0.2, 0.25) is 15.1 Å². The number of nitrogens with zero attached hydrogens (tertiary/aromatic N) is 1. The predicted octanol–water partition coefficient (Wildman–Crippen LogP) is 6.07. The van der Waals surface area contributed by atoms with Gasteiger partial charge in [-0.25, -0.2) is 4.90 Å². The van der Waals surface area contributed by atoms with Crippen molar-refractivity contribution in [1.29, 1.82) is 0 Å². The van der Waals surface area contributed by atoms with Crippen LogP contribution < -0.4 is 4.90 Å². The van der Waals surface area contributed by atoms with Crippen molar-refractivity contribution in [2.75, 3.05) is 4.90 Å². The molecule has 2 aromatic rings. The summed E-state index contributed by atoms with van der Waals surface area (Å²) in [5.74, 6) is -0.804. The minimum Gasteiger partial charge on any atom is -0.268 e. The van der Waals surface area contributed by atoms with Crippen LogP contribution >= 0.6 is 46.6 Å². The normalized spacial score (nSPS) is 14.8. The topological polar surface area (TPSA) is 37.4 Å². The summed E-state index contributed by atoms with van der Waals surface area (Å²) in [7, 11) is 0. The zero-order valence-corrected chi connectivity index (χ0v) is 17.0. The number of anilines is 1. The van der Waals surface area contributed by atoms with Gasteiger partial charge in [0, 0.05) is 20.9 Å². The van der Waals surface area contributed by atoms with Crippen molar-refractivity contribution >= 4 is 69.6 Å². The quantitative estimate of drug-likeness (QED) is 0.557. The van der Waals surface area contributed by atoms with E-state index < -0.39 is 5.91 Å². The Morgan fingerprint density at radius 1 is 0.923 bits per heavy atom. The van der Waals surface area contributed by atoms with Gasteiger partial charge in [-0.05, 0) is 30.3 Å². The van der Waals surface area contributed by atoms with E-state index in [1.54, 1.807) is 42.5 Å². The molecule has 0 radical (unpaired) electrons. The van der Waals surface area contributed by atoms with Gasteiger partial charge in [0.2, 0.25) is 0 Å². The fraction of sp³-hybridized carbons (Fsp3) is 0.158. The van der Waals surface area contributed by atoms with E-state index in [0.29, 0.717) is 31.2 Å². The molecule has 0 bridgehead atoms. The fourth-order valence-corrected chi connectivity index (χ4v) is 4.30. The highest BCUT2D eigenvalue weighted by atomic mass is 35.5. The van der Waals surface area contributed by atoms with Crippen molar-refractivity contribution in [3.8, 4) is 0 Å². The Hall–Kier alpha value is -1.46. The number of imide groups is 1. The van der Waals surface area contributed by atoms with Crippen LogP contribution in [0.4, 0.5) is 5.69 Å². The molecule has 0 aliphatic carbocycles. The Kier molecular flexibility index (Phi) is 5.68. The number of amides is 2. The molecule has 1 aliphatic heterocycles. The average molecular weight is 427 g/mol. The molecule has 0 N–H and O–H groups in total. The highest BCUT2D eigenvalue weighted by Gasteiger charge is 2.41. The van der Waals surface area contributed by atoms with Crippen LogP contribution in [0, 0.1) is 0 Å². The molecule has 1 aliphatic rings. The van der Waals surface area contributed by atoms with Crippen LogP contribution in [0.3, 0.4) is 0 Å². The number of carbonyl (C=O) groups excluding carboxylic acids is 2. The second-order valence-electron chi connectivity index (χ2n) is 5.92. The zero-order valence-electron chi connectivity index (χ0n) is 13.9. The Morgan fingerprint density at radius 2 is 1.62 bits per heavy atom. The lowest BCUT2D eigenvalue weighted by Crippen LogP contribution is -2.31. The molecule has 134 valence electrons. The minimum absolute atomic E-state index is 0.113. The second-order valence-corrected chi connectivity index (χ2v) is 8.79. The third kappa shape index (κ3) is 3.65. The first-order valence-electron chi connectivity index (χ1n) is 7.80. The van der Waals surface area contributed by atoms with Gasteiger partial charge >= 0.3 is 0 Å². The Labute approximate surface area is 170 Å². The molecule has 2 amide bonds. The molecule has 0 spiro atoms. The summed E-state index contributed by atoms with van der Waals surface area (Å²) in [4.78, 5) is 27.7. The van der Waals surface area contributed by atoms with Crippen LogP contribution in [0.25, 0.3) is 5.57 Å². The van der Waals surface area contributed by atoms with Crippen molar-refractivity contribution < 1.29 is 9.59 Å². The molecule has 0 saturated heterocycles. The van der Waals surface area contributed by atoms with Gasteiger partial charge in [0.15, 0.2) is 0 Å². The van der Waals surface area contributed by atoms with E-state index in [2.05, 4.69) is 0 Å². The first-order valence-corrected chi connectivity index (χ1v) is 9.81. The van der Waals surface area contributed by atoms with Crippen LogP contribution in [-0.2, 0) is 9.59 Å². The monoisotopic (exact) mass is 425 g/mol. The summed E-state index contributed by atoms with van der Waals surface area (Å²) >= 11 is 19.6. The van der Waals surface area contributed by atoms with Gasteiger partial charge in [-0.15, -0.1) is 11.8 Å². The zero-order chi connectivity index (χ0) is 19.0. The van der Waals surface area contributed by atoms with Crippen LogP contribution in [0.5, 0.6) is 0 Å². The summed E-state index contributed by atoms with van der Waals surface area (Å²) in [5.41, 5.74) is 1.20. The molecule has 3 rings (SSSR count). The van der Waals surface area contributed by atoms with Crippen LogP contribution in [0.15, 0.2) is 47.4 Å². The minimum atomic E-state index is -0.426.